The van der Waals surface area contributed by atoms with Gasteiger partial charge in [0.1, 0.15) is 0 Å². The summed E-state index contributed by atoms with van der Waals surface area (Å²) in [5, 5.41) is 3.25. The van der Waals surface area contributed by atoms with Crippen LogP contribution in [-0.4, -0.2) is 88.6 Å². The Morgan fingerprint density at radius 2 is 1.71 bits per heavy atom. The molecule has 6 rings (SSSR count). The van der Waals surface area contributed by atoms with Crippen molar-refractivity contribution in [2.24, 2.45) is 5.92 Å². The number of fused-ring (bicyclic) bond motifs is 2. The van der Waals surface area contributed by atoms with Crippen molar-refractivity contribution in [1.29, 1.82) is 0 Å². The van der Waals surface area contributed by atoms with Gasteiger partial charge in [0.25, 0.3) is 0 Å². The molecule has 1 spiro atoms. The predicted octanol–water partition coefficient (Wildman–Crippen LogP) is 5.36. The van der Waals surface area contributed by atoms with Crippen LogP contribution in [-0.2, 0) is 9.53 Å². The average molecular weight is 573 g/mol. The number of hydrogen-bond acceptors (Lipinski definition) is 4. The van der Waals surface area contributed by atoms with Crippen molar-refractivity contribution in [3.63, 3.8) is 0 Å². The Morgan fingerprint density at radius 3 is 2.32 bits per heavy atom. The van der Waals surface area contributed by atoms with Gasteiger partial charge in [0, 0.05) is 56.6 Å². The molecule has 3 amide bonds. The van der Waals surface area contributed by atoms with E-state index >= 15 is 0 Å². The van der Waals surface area contributed by atoms with Crippen LogP contribution in [0.5, 0.6) is 0 Å². The lowest BCUT2D eigenvalue weighted by Crippen LogP contribution is -2.60. The number of hydrogen-bond donors (Lipinski definition) is 1. The molecule has 7 nitrogen and oxygen atoms in total. The number of nitrogens with one attached hydrogen (secondary N) is 1. The summed E-state index contributed by atoms with van der Waals surface area (Å²) in [4.78, 5) is 33.8. The number of urea groups is 1. The maximum atomic E-state index is 13.7. The number of halogens is 2. The lowest BCUT2D eigenvalue weighted by atomic mass is 9.81. The van der Waals surface area contributed by atoms with Gasteiger partial charge in [-0.05, 0) is 70.8 Å². The highest BCUT2D eigenvalue weighted by atomic mass is 19.3. The molecule has 1 aromatic rings. The maximum absolute atomic E-state index is 13.7. The van der Waals surface area contributed by atoms with Gasteiger partial charge in [0.05, 0.1) is 24.2 Å². The highest BCUT2D eigenvalue weighted by Crippen LogP contribution is 2.48. The molecule has 41 heavy (non-hydrogen) atoms. The lowest BCUT2D eigenvalue weighted by molar-refractivity contribution is -0.130. The van der Waals surface area contributed by atoms with E-state index in [2.05, 4.69) is 33.9 Å². The van der Waals surface area contributed by atoms with Crippen molar-refractivity contribution in [3.05, 3.63) is 35.9 Å². The number of alkyl halides is 2. The Labute approximate surface area is 242 Å². The standard InChI is InChI=1S/C32H46F2N4O3/c1-22(2)38-30(40)37(27-13-17-41-20-27)21-31(38)18-25-8-9-26(19-31)36(25)16-12-28(23-6-4-3-5-7-23)35-29(39)24-10-14-32(33,34)15-11-24/h3-7,22,24-28H,8-21H2,1-2H3,(H,35,39)/t25?,26?,27?,28-,31?/m0/s1. The molecule has 2 bridgehead atoms. The number of ether oxygens (including phenoxy) is 1. The molecule has 0 radical (unpaired) electrons. The Bertz CT molecular complexity index is 1070. The monoisotopic (exact) mass is 572 g/mol. The molecule has 1 saturated carbocycles. The van der Waals surface area contributed by atoms with Crippen molar-refractivity contribution in [2.75, 3.05) is 26.3 Å². The summed E-state index contributed by atoms with van der Waals surface area (Å²) < 4.78 is 33.1. The first-order valence-electron chi connectivity index (χ1n) is 15.8. The van der Waals surface area contributed by atoms with E-state index in [9.17, 15) is 18.4 Å². The van der Waals surface area contributed by atoms with Gasteiger partial charge in [-0.2, -0.15) is 0 Å². The molecule has 1 aliphatic carbocycles. The number of piperidine rings is 1. The Kier molecular flexibility index (Phi) is 8.05. The van der Waals surface area contributed by atoms with Crippen LogP contribution in [0.3, 0.4) is 0 Å². The molecule has 4 atom stereocenters. The Balaban J connectivity index is 1.13. The van der Waals surface area contributed by atoms with Gasteiger partial charge in [-0.25, -0.2) is 13.6 Å². The number of amides is 3. The summed E-state index contributed by atoms with van der Waals surface area (Å²) in [6.45, 7) is 7.31. The molecule has 4 heterocycles. The second-order valence-electron chi connectivity index (χ2n) is 13.5. The van der Waals surface area contributed by atoms with Crippen molar-refractivity contribution in [3.8, 4) is 0 Å². The number of benzene rings is 1. The largest absolute Gasteiger partial charge is 0.379 e. The Hall–Kier alpha value is -2.26. The van der Waals surface area contributed by atoms with E-state index in [0.29, 0.717) is 18.7 Å². The lowest BCUT2D eigenvalue weighted by Gasteiger charge is -2.49. The third-order valence-electron chi connectivity index (χ3n) is 10.6. The van der Waals surface area contributed by atoms with Crippen molar-refractivity contribution < 1.29 is 23.1 Å². The van der Waals surface area contributed by atoms with Crippen molar-refractivity contribution >= 4 is 11.9 Å². The minimum atomic E-state index is -2.64. The molecule has 0 aromatic heterocycles. The van der Waals surface area contributed by atoms with Crippen LogP contribution in [0.15, 0.2) is 30.3 Å². The smallest absolute Gasteiger partial charge is 0.321 e. The van der Waals surface area contributed by atoms with Crippen LogP contribution in [0.4, 0.5) is 13.6 Å². The van der Waals surface area contributed by atoms with Crippen LogP contribution in [0.1, 0.15) is 89.7 Å². The predicted molar refractivity (Wildman–Crippen MR) is 153 cm³/mol. The molecule has 226 valence electrons. The molecular formula is C32H46F2N4O3. The van der Waals surface area contributed by atoms with E-state index in [-0.39, 0.29) is 67.2 Å². The van der Waals surface area contributed by atoms with Gasteiger partial charge in [-0.15, -0.1) is 0 Å². The molecule has 4 saturated heterocycles. The summed E-state index contributed by atoms with van der Waals surface area (Å²) >= 11 is 0. The van der Waals surface area contributed by atoms with Gasteiger partial charge in [-0.3, -0.25) is 9.69 Å². The first kappa shape index (κ1) is 28.8. The van der Waals surface area contributed by atoms with Gasteiger partial charge in [-0.1, -0.05) is 30.3 Å². The molecule has 1 aromatic carbocycles. The number of carbonyl (C=O) groups excluding carboxylic acids is 2. The molecule has 3 unspecified atom stereocenters. The summed E-state index contributed by atoms with van der Waals surface area (Å²) in [6, 6.07) is 11.2. The summed E-state index contributed by atoms with van der Waals surface area (Å²) in [5.41, 5.74) is 0.927. The van der Waals surface area contributed by atoms with E-state index in [1.807, 2.05) is 30.3 Å². The van der Waals surface area contributed by atoms with Crippen LogP contribution >= 0.6 is 0 Å². The average Bonchev–Trinajstić information content (AvgIpc) is 3.63. The highest BCUT2D eigenvalue weighted by molar-refractivity contribution is 5.79. The zero-order valence-electron chi connectivity index (χ0n) is 24.6. The maximum Gasteiger partial charge on any atom is 0.321 e. The number of carbonyl (C=O) groups is 2. The summed E-state index contributed by atoms with van der Waals surface area (Å²) in [6.07, 6.45) is 6.01. The van der Waals surface area contributed by atoms with Gasteiger partial charge < -0.3 is 19.9 Å². The molecular weight excluding hydrogens is 526 g/mol. The minimum absolute atomic E-state index is 0.0945. The summed E-state index contributed by atoms with van der Waals surface area (Å²) in [7, 11) is 0. The van der Waals surface area contributed by atoms with E-state index in [1.165, 1.54) is 0 Å². The zero-order chi connectivity index (χ0) is 28.8. The van der Waals surface area contributed by atoms with E-state index < -0.39 is 5.92 Å². The van der Waals surface area contributed by atoms with Gasteiger partial charge >= 0.3 is 6.03 Å². The topological polar surface area (TPSA) is 65.1 Å². The quantitative estimate of drug-likeness (QED) is 0.456. The number of nitrogens with zero attached hydrogens (tertiary/aromatic N) is 3. The minimum Gasteiger partial charge on any atom is -0.379 e. The van der Waals surface area contributed by atoms with E-state index in [4.69, 9.17) is 4.74 Å². The van der Waals surface area contributed by atoms with Crippen LogP contribution < -0.4 is 5.32 Å². The molecule has 9 heteroatoms. The molecule has 5 fully saturated rings. The fraction of sp³-hybridized carbons (Fsp3) is 0.750. The van der Waals surface area contributed by atoms with Crippen LogP contribution in [0.2, 0.25) is 0 Å². The molecule has 5 aliphatic rings. The highest BCUT2D eigenvalue weighted by Gasteiger charge is 2.58. The van der Waals surface area contributed by atoms with E-state index in [1.54, 1.807) is 0 Å². The third-order valence-corrected chi connectivity index (χ3v) is 10.6. The van der Waals surface area contributed by atoms with Crippen LogP contribution in [0.25, 0.3) is 0 Å². The number of rotatable bonds is 8. The second kappa shape index (κ2) is 11.4. The fourth-order valence-corrected chi connectivity index (χ4v) is 8.61. The van der Waals surface area contributed by atoms with Crippen molar-refractivity contribution in [2.45, 2.75) is 120 Å². The van der Waals surface area contributed by atoms with Crippen LogP contribution in [0, 0.1) is 5.92 Å². The molecule has 4 aliphatic heterocycles. The van der Waals surface area contributed by atoms with Crippen molar-refractivity contribution in [1.82, 2.24) is 20.0 Å². The SMILES string of the molecule is CC(C)N1C(=O)N(C2CCOC2)CC12CC1CCC(C2)N1CC[C@H](NC(=O)C1CCC(F)(F)CC1)c1ccccc1. The second-order valence-corrected chi connectivity index (χ2v) is 13.5. The molecule has 1 N–H and O–H groups in total. The zero-order valence-corrected chi connectivity index (χ0v) is 24.6. The van der Waals surface area contributed by atoms with Gasteiger partial charge in [0.15, 0.2) is 0 Å². The first-order chi connectivity index (χ1) is 19.7. The summed E-state index contributed by atoms with van der Waals surface area (Å²) in [5.74, 6) is -3.08. The van der Waals surface area contributed by atoms with E-state index in [0.717, 1.165) is 63.8 Å². The normalized spacial score (nSPS) is 32.8. The Morgan fingerprint density at radius 1 is 1.02 bits per heavy atom. The first-order valence-corrected chi connectivity index (χ1v) is 15.8. The fourth-order valence-electron chi connectivity index (χ4n) is 8.61. The van der Waals surface area contributed by atoms with Gasteiger partial charge in [0.2, 0.25) is 11.8 Å². The third kappa shape index (κ3) is 5.73.